The van der Waals surface area contributed by atoms with Crippen LogP contribution in [0.5, 0.6) is 0 Å². The maximum Gasteiger partial charge on any atom is 0.193 e. The molecule has 0 unspecified atom stereocenters. The van der Waals surface area contributed by atoms with Gasteiger partial charge in [-0.15, -0.1) is 11.3 Å². The van der Waals surface area contributed by atoms with Gasteiger partial charge in [-0.25, -0.2) is 8.42 Å². The van der Waals surface area contributed by atoms with Gasteiger partial charge in [-0.05, 0) is 43.2 Å². The number of hydrogen-bond donors (Lipinski definition) is 0. The molecule has 0 saturated carbocycles. The van der Waals surface area contributed by atoms with Gasteiger partial charge in [0, 0.05) is 12.0 Å². The Morgan fingerprint density at radius 2 is 2.10 bits per heavy atom. The van der Waals surface area contributed by atoms with E-state index in [1.807, 2.05) is 18.4 Å². The van der Waals surface area contributed by atoms with Crippen molar-refractivity contribution in [3.63, 3.8) is 0 Å². The summed E-state index contributed by atoms with van der Waals surface area (Å²) in [5, 5.41) is 5.83. The lowest BCUT2D eigenvalue weighted by Gasteiger charge is -2.03. The summed E-state index contributed by atoms with van der Waals surface area (Å²) in [6, 6.07) is 1.83. The number of sulfone groups is 1. The van der Waals surface area contributed by atoms with Gasteiger partial charge in [0.05, 0.1) is 0 Å². The molecule has 0 aliphatic heterocycles. The minimum absolute atomic E-state index is 0.0484. The average Bonchev–Trinajstić information content (AvgIpc) is 2.90. The predicted molar refractivity (Wildman–Crippen MR) is 77.7 cm³/mol. The van der Waals surface area contributed by atoms with Gasteiger partial charge in [-0.3, -0.25) is 0 Å². The highest BCUT2D eigenvalue weighted by atomic mass is 32.2. The smallest absolute Gasteiger partial charge is 0.193 e. The second-order valence-electron chi connectivity index (χ2n) is 5.24. The molecule has 0 atom stereocenters. The van der Waals surface area contributed by atoms with Crippen molar-refractivity contribution in [2.75, 3.05) is 0 Å². The second kappa shape index (κ2) is 5.33. The van der Waals surface area contributed by atoms with E-state index in [-0.39, 0.29) is 5.75 Å². The fourth-order valence-electron chi connectivity index (χ4n) is 2.66. The average molecular weight is 311 g/mol. The van der Waals surface area contributed by atoms with Gasteiger partial charge in [0.2, 0.25) is 0 Å². The normalized spacial score (nSPS) is 15.8. The van der Waals surface area contributed by atoms with Crippen LogP contribution < -0.4 is 0 Å². The Hall–Kier alpha value is -1.14. The van der Waals surface area contributed by atoms with Gasteiger partial charge in [-0.2, -0.15) is 0 Å². The van der Waals surface area contributed by atoms with E-state index in [9.17, 15) is 8.42 Å². The summed E-state index contributed by atoms with van der Waals surface area (Å²) in [6.07, 6.45) is 5.10. The summed E-state index contributed by atoms with van der Waals surface area (Å²) in [7, 11) is -3.32. The van der Waals surface area contributed by atoms with Crippen molar-refractivity contribution < 1.29 is 12.9 Å². The van der Waals surface area contributed by atoms with Crippen LogP contribution in [0, 0.1) is 6.92 Å². The molecule has 0 spiro atoms. The van der Waals surface area contributed by atoms with E-state index in [2.05, 4.69) is 5.16 Å². The van der Waals surface area contributed by atoms with Crippen molar-refractivity contribution >= 4 is 21.2 Å². The zero-order valence-corrected chi connectivity index (χ0v) is 13.0. The summed E-state index contributed by atoms with van der Waals surface area (Å²) in [6.45, 7) is 1.83. The van der Waals surface area contributed by atoms with Gasteiger partial charge in [0.15, 0.2) is 9.84 Å². The molecule has 2 aromatic rings. The second-order valence-corrected chi connectivity index (χ2v) is 8.34. The third kappa shape index (κ3) is 2.54. The molecule has 3 rings (SSSR count). The van der Waals surface area contributed by atoms with E-state index in [1.54, 1.807) is 0 Å². The predicted octanol–water partition coefficient (Wildman–Crippen LogP) is 3.29. The van der Waals surface area contributed by atoms with Gasteiger partial charge in [0.1, 0.15) is 21.4 Å². The fraction of sp³-hybridized carbons (Fsp3) is 0.500. The number of rotatable bonds is 3. The molecular weight excluding hydrogens is 294 g/mol. The van der Waals surface area contributed by atoms with Crippen LogP contribution in [0.4, 0.5) is 0 Å². The lowest BCUT2D eigenvalue weighted by molar-refractivity contribution is 0.376. The number of nitrogens with zero attached hydrogens (tertiary/aromatic N) is 1. The first kappa shape index (κ1) is 13.8. The minimum atomic E-state index is -3.32. The first-order chi connectivity index (χ1) is 9.58. The molecule has 0 radical (unpaired) electrons. The summed E-state index contributed by atoms with van der Waals surface area (Å²) in [4.78, 5) is 0. The minimum Gasteiger partial charge on any atom is -0.361 e. The van der Waals surface area contributed by atoms with Crippen LogP contribution in [-0.2, 0) is 28.4 Å². The molecule has 2 aromatic heterocycles. The molecule has 4 nitrogen and oxygen atoms in total. The first-order valence-electron chi connectivity index (χ1n) is 6.81. The summed E-state index contributed by atoms with van der Waals surface area (Å²) >= 11 is 1.27. The molecule has 0 aromatic carbocycles. The maximum absolute atomic E-state index is 12.5. The lowest BCUT2D eigenvalue weighted by atomic mass is 10.1. The molecule has 2 heterocycles. The van der Waals surface area contributed by atoms with Crippen molar-refractivity contribution in [3.05, 3.63) is 34.0 Å². The van der Waals surface area contributed by atoms with Gasteiger partial charge in [-0.1, -0.05) is 11.6 Å². The third-order valence-electron chi connectivity index (χ3n) is 3.71. The number of thiophene rings is 1. The summed E-state index contributed by atoms with van der Waals surface area (Å²) in [5.41, 5.74) is 2.44. The first-order valence-corrected chi connectivity index (χ1v) is 9.34. The maximum atomic E-state index is 12.5. The quantitative estimate of drug-likeness (QED) is 0.816. The highest BCUT2D eigenvalue weighted by molar-refractivity contribution is 7.92. The Kier molecular flexibility index (Phi) is 3.69. The molecule has 0 saturated heterocycles. The zero-order chi connectivity index (χ0) is 14.2. The van der Waals surface area contributed by atoms with Crippen molar-refractivity contribution in [1.82, 2.24) is 5.16 Å². The van der Waals surface area contributed by atoms with Crippen LogP contribution in [0.25, 0.3) is 0 Å². The Balaban J connectivity index is 1.92. The largest absolute Gasteiger partial charge is 0.361 e. The van der Waals surface area contributed by atoms with Gasteiger partial charge >= 0.3 is 0 Å². The van der Waals surface area contributed by atoms with E-state index in [0.29, 0.717) is 9.90 Å². The van der Waals surface area contributed by atoms with Crippen molar-refractivity contribution in [3.8, 4) is 0 Å². The molecule has 0 bridgehead atoms. The standard InChI is InChI=1S/C14H17NO3S2/c1-10-7-8-19-14(10)20(16,17)9-12-11-5-3-2-4-6-13(11)18-15-12/h7-8H,2-6,9H2,1H3. The SMILES string of the molecule is Cc1ccsc1S(=O)(=O)Cc1noc2c1CCCCC2. The van der Waals surface area contributed by atoms with Gasteiger partial charge in [0.25, 0.3) is 0 Å². The Morgan fingerprint density at radius 1 is 1.30 bits per heavy atom. The molecule has 1 aliphatic carbocycles. The molecule has 0 fully saturated rings. The Morgan fingerprint density at radius 3 is 2.85 bits per heavy atom. The summed E-state index contributed by atoms with van der Waals surface area (Å²) < 4.78 is 30.8. The summed E-state index contributed by atoms with van der Waals surface area (Å²) in [5.74, 6) is 0.836. The fourth-order valence-corrected chi connectivity index (χ4v) is 5.52. The monoisotopic (exact) mass is 311 g/mol. The third-order valence-corrected chi connectivity index (χ3v) is 7.10. The van der Waals surface area contributed by atoms with Crippen LogP contribution in [0.1, 0.15) is 41.8 Å². The zero-order valence-electron chi connectivity index (χ0n) is 11.4. The number of fused-ring (bicyclic) bond motifs is 1. The van der Waals surface area contributed by atoms with Crippen molar-refractivity contribution in [2.45, 2.75) is 49.0 Å². The molecule has 6 heteroatoms. The van der Waals surface area contributed by atoms with Gasteiger partial charge < -0.3 is 4.52 Å². The number of aromatic nitrogens is 1. The lowest BCUT2D eigenvalue weighted by Crippen LogP contribution is -2.07. The number of aryl methyl sites for hydroxylation is 2. The molecule has 0 N–H and O–H groups in total. The number of hydrogen-bond acceptors (Lipinski definition) is 5. The van der Waals surface area contributed by atoms with Crippen molar-refractivity contribution in [1.29, 1.82) is 0 Å². The van der Waals surface area contributed by atoms with Crippen LogP contribution in [0.3, 0.4) is 0 Å². The molecule has 0 amide bonds. The highest BCUT2D eigenvalue weighted by Gasteiger charge is 2.25. The van der Waals surface area contributed by atoms with Crippen LogP contribution in [0.15, 0.2) is 20.2 Å². The molecule has 108 valence electrons. The van der Waals surface area contributed by atoms with E-state index in [1.165, 1.54) is 17.8 Å². The van der Waals surface area contributed by atoms with Crippen LogP contribution in [0.2, 0.25) is 0 Å². The highest BCUT2D eigenvalue weighted by Crippen LogP contribution is 2.29. The van der Waals surface area contributed by atoms with E-state index in [0.717, 1.165) is 42.6 Å². The Labute approximate surface area is 122 Å². The van der Waals surface area contributed by atoms with E-state index < -0.39 is 9.84 Å². The van der Waals surface area contributed by atoms with Crippen LogP contribution >= 0.6 is 11.3 Å². The van der Waals surface area contributed by atoms with Crippen LogP contribution in [-0.4, -0.2) is 13.6 Å². The molecule has 20 heavy (non-hydrogen) atoms. The Bertz CT molecular complexity index is 713. The van der Waals surface area contributed by atoms with E-state index >= 15 is 0 Å². The molecule has 1 aliphatic rings. The van der Waals surface area contributed by atoms with Crippen molar-refractivity contribution in [2.24, 2.45) is 0 Å². The van der Waals surface area contributed by atoms with E-state index in [4.69, 9.17) is 4.52 Å². The molecular formula is C14H17NO3S2. The topological polar surface area (TPSA) is 60.2 Å².